The Hall–Kier alpha value is -3.03. The predicted octanol–water partition coefficient (Wildman–Crippen LogP) is 3.94. The van der Waals surface area contributed by atoms with Crippen LogP contribution in [-0.2, 0) is 4.79 Å². The first-order valence-corrected chi connectivity index (χ1v) is 8.10. The quantitative estimate of drug-likeness (QED) is 0.423. The van der Waals surface area contributed by atoms with Crippen molar-refractivity contribution in [3.63, 3.8) is 0 Å². The first-order valence-electron chi connectivity index (χ1n) is 8.10. The summed E-state index contributed by atoms with van der Waals surface area (Å²) in [5, 5.41) is 16.6. The molecule has 1 amide bonds. The highest BCUT2D eigenvalue weighted by atomic mass is 19.2. The predicted molar refractivity (Wildman–Crippen MR) is 93.7 cm³/mol. The molecule has 1 atom stereocenters. The van der Waals surface area contributed by atoms with E-state index in [-0.39, 0.29) is 18.0 Å². The van der Waals surface area contributed by atoms with Gasteiger partial charge in [0.05, 0.1) is 11.0 Å². The molecule has 2 aromatic rings. The standard InChI is InChI=1S/C18H19F2N3O3/c1-12(13-8-9-14(19)15(20)11-13)22-18(24)7-4-10-21-16-5-2-3-6-17(16)23(25)26/h2-3,5-6,8-9,11-12,21H,4,7,10H2,1H3,(H,22,24)/t12-/m0/s1. The van der Waals surface area contributed by atoms with E-state index in [9.17, 15) is 23.7 Å². The molecule has 0 aromatic heterocycles. The zero-order chi connectivity index (χ0) is 19.1. The number of nitrogens with one attached hydrogen (secondary N) is 2. The van der Waals surface area contributed by atoms with Crippen molar-refractivity contribution < 1.29 is 18.5 Å². The summed E-state index contributed by atoms with van der Waals surface area (Å²) in [5.74, 6) is -2.14. The maximum absolute atomic E-state index is 13.2. The van der Waals surface area contributed by atoms with Gasteiger partial charge in [-0.15, -0.1) is 0 Å². The molecule has 8 heteroatoms. The fourth-order valence-corrected chi connectivity index (χ4v) is 2.43. The Morgan fingerprint density at radius 3 is 2.62 bits per heavy atom. The highest BCUT2D eigenvalue weighted by molar-refractivity contribution is 5.76. The van der Waals surface area contributed by atoms with Crippen LogP contribution in [0.5, 0.6) is 0 Å². The second kappa shape index (κ2) is 8.89. The first kappa shape index (κ1) is 19.3. The van der Waals surface area contributed by atoms with Crippen molar-refractivity contribution in [3.8, 4) is 0 Å². The molecule has 0 radical (unpaired) electrons. The van der Waals surface area contributed by atoms with Gasteiger partial charge >= 0.3 is 0 Å². The molecule has 0 aliphatic rings. The molecular formula is C18H19F2N3O3. The molecule has 0 fully saturated rings. The number of carbonyl (C=O) groups excluding carboxylic acids is 1. The summed E-state index contributed by atoms with van der Waals surface area (Å²) in [7, 11) is 0. The molecule has 0 aliphatic carbocycles. The average molecular weight is 363 g/mol. The summed E-state index contributed by atoms with van der Waals surface area (Å²) in [6, 6.07) is 9.30. The first-order chi connectivity index (χ1) is 12.4. The SMILES string of the molecule is C[C@H](NC(=O)CCCNc1ccccc1[N+](=O)[O-])c1ccc(F)c(F)c1. The number of amides is 1. The normalized spacial score (nSPS) is 11.7. The summed E-state index contributed by atoms with van der Waals surface area (Å²) < 4.78 is 26.2. The fraction of sp³-hybridized carbons (Fsp3) is 0.278. The number of nitro benzene ring substituents is 1. The van der Waals surface area contributed by atoms with Crippen molar-refractivity contribution in [2.24, 2.45) is 0 Å². The number of hydrogen-bond donors (Lipinski definition) is 2. The number of hydrogen-bond acceptors (Lipinski definition) is 4. The van der Waals surface area contributed by atoms with Crippen molar-refractivity contribution in [1.82, 2.24) is 5.32 Å². The summed E-state index contributed by atoms with van der Waals surface area (Å²) in [6.45, 7) is 2.06. The van der Waals surface area contributed by atoms with Crippen LogP contribution in [0.25, 0.3) is 0 Å². The molecule has 0 saturated heterocycles. The van der Waals surface area contributed by atoms with Crippen molar-refractivity contribution >= 4 is 17.3 Å². The lowest BCUT2D eigenvalue weighted by Gasteiger charge is -2.15. The lowest BCUT2D eigenvalue weighted by Crippen LogP contribution is -2.27. The molecule has 0 aliphatic heterocycles. The van der Waals surface area contributed by atoms with Crippen LogP contribution in [0.15, 0.2) is 42.5 Å². The highest BCUT2D eigenvalue weighted by Crippen LogP contribution is 2.23. The van der Waals surface area contributed by atoms with Crippen LogP contribution < -0.4 is 10.6 Å². The van der Waals surface area contributed by atoms with Gasteiger partial charge < -0.3 is 10.6 Å². The molecule has 0 bridgehead atoms. The largest absolute Gasteiger partial charge is 0.379 e. The monoisotopic (exact) mass is 363 g/mol. The summed E-state index contributed by atoms with van der Waals surface area (Å²) in [5.41, 5.74) is 0.840. The van der Waals surface area contributed by atoms with Gasteiger partial charge in [-0.05, 0) is 37.1 Å². The van der Waals surface area contributed by atoms with Crippen LogP contribution in [0, 0.1) is 21.7 Å². The lowest BCUT2D eigenvalue weighted by atomic mass is 10.1. The minimum absolute atomic E-state index is 0.0242. The maximum atomic E-state index is 13.2. The fourth-order valence-electron chi connectivity index (χ4n) is 2.43. The van der Waals surface area contributed by atoms with E-state index in [0.717, 1.165) is 12.1 Å². The van der Waals surface area contributed by atoms with E-state index >= 15 is 0 Å². The second-order valence-electron chi connectivity index (χ2n) is 5.77. The van der Waals surface area contributed by atoms with Gasteiger partial charge in [0.1, 0.15) is 5.69 Å². The highest BCUT2D eigenvalue weighted by Gasteiger charge is 2.13. The van der Waals surface area contributed by atoms with Gasteiger partial charge in [-0.3, -0.25) is 14.9 Å². The summed E-state index contributed by atoms with van der Waals surface area (Å²) in [6.07, 6.45) is 0.657. The van der Waals surface area contributed by atoms with Crippen LogP contribution in [0.4, 0.5) is 20.2 Å². The number of rotatable bonds is 8. The average Bonchev–Trinajstić information content (AvgIpc) is 2.61. The Morgan fingerprint density at radius 2 is 1.92 bits per heavy atom. The minimum atomic E-state index is -0.961. The van der Waals surface area contributed by atoms with Gasteiger partial charge in [0.15, 0.2) is 11.6 Å². The molecular weight excluding hydrogens is 344 g/mol. The molecule has 0 heterocycles. The molecule has 0 saturated carbocycles. The number of para-hydroxylation sites is 2. The summed E-state index contributed by atoms with van der Waals surface area (Å²) in [4.78, 5) is 22.4. The van der Waals surface area contributed by atoms with Crippen molar-refractivity contribution in [3.05, 3.63) is 69.8 Å². The van der Waals surface area contributed by atoms with Crippen LogP contribution in [0.2, 0.25) is 0 Å². The molecule has 2 N–H and O–H groups in total. The van der Waals surface area contributed by atoms with E-state index in [4.69, 9.17) is 0 Å². The molecule has 6 nitrogen and oxygen atoms in total. The molecule has 2 rings (SSSR count). The van der Waals surface area contributed by atoms with E-state index in [1.165, 1.54) is 12.1 Å². The Kier molecular flexibility index (Phi) is 6.60. The lowest BCUT2D eigenvalue weighted by molar-refractivity contribution is -0.384. The van der Waals surface area contributed by atoms with E-state index in [0.29, 0.717) is 24.2 Å². The third-order valence-corrected chi connectivity index (χ3v) is 3.82. The number of anilines is 1. The zero-order valence-corrected chi connectivity index (χ0v) is 14.2. The Balaban J connectivity index is 1.78. The minimum Gasteiger partial charge on any atom is -0.379 e. The van der Waals surface area contributed by atoms with Crippen molar-refractivity contribution in [2.45, 2.75) is 25.8 Å². The summed E-state index contributed by atoms with van der Waals surface area (Å²) >= 11 is 0. The molecule has 0 unspecified atom stereocenters. The van der Waals surface area contributed by atoms with Crippen LogP contribution >= 0.6 is 0 Å². The molecule has 138 valence electrons. The van der Waals surface area contributed by atoms with E-state index in [1.807, 2.05) is 0 Å². The van der Waals surface area contributed by atoms with Gasteiger partial charge in [0.25, 0.3) is 5.69 Å². The smallest absolute Gasteiger partial charge is 0.292 e. The van der Waals surface area contributed by atoms with Gasteiger partial charge in [-0.25, -0.2) is 8.78 Å². The number of halogens is 2. The van der Waals surface area contributed by atoms with Gasteiger partial charge in [-0.2, -0.15) is 0 Å². The second-order valence-corrected chi connectivity index (χ2v) is 5.77. The molecule has 26 heavy (non-hydrogen) atoms. The van der Waals surface area contributed by atoms with Crippen LogP contribution in [-0.4, -0.2) is 17.4 Å². The Morgan fingerprint density at radius 1 is 1.19 bits per heavy atom. The molecule has 2 aromatic carbocycles. The third kappa shape index (κ3) is 5.23. The topological polar surface area (TPSA) is 84.3 Å². The van der Waals surface area contributed by atoms with Crippen LogP contribution in [0.3, 0.4) is 0 Å². The number of nitrogens with zero attached hydrogens (tertiary/aromatic N) is 1. The number of carbonyl (C=O) groups is 1. The maximum Gasteiger partial charge on any atom is 0.292 e. The van der Waals surface area contributed by atoms with Gasteiger partial charge in [0, 0.05) is 19.0 Å². The van der Waals surface area contributed by atoms with E-state index in [1.54, 1.807) is 25.1 Å². The Labute approximate surface area is 149 Å². The van der Waals surface area contributed by atoms with Crippen molar-refractivity contribution in [1.29, 1.82) is 0 Å². The van der Waals surface area contributed by atoms with Crippen molar-refractivity contribution in [2.75, 3.05) is 11.9 Å². The van der Waals surface area contributed by atoms with E-state index < -0.39 is 22.6 Å². The van der Waals surface area contributed by atoms with E-state index in [2.05, 4.69) is 10.6 Å². The molecule has 0 spiro atoms. The van der Waals surface area contributed by atoms with Gasteiger partial charge in [-0.1, -0.05) is 18.2 Å². The Bertz CT molecular complexity index is 799. The van der Waals surface area contributed by atoms with Crippen LogP contribution in [0.1, 0.15) is 31.4 Å². The zero-order valence-electron chi connectivity index (χ0n) is 14.2. The van der Waals surface area contributed by atoms with Gasteiger partial charge in [0.2, 0.25) is 5.91 Å². The number of benzene rings is 2. The number of nitro groups is 1. The third-order valence-electron chi connectivity index (χ3n) is 3.82.